The second-order valence-electron chi connectivity index (χ2n) is 3.26. The predicted octanol–water partition coefficient (Wildman–Crippen LogP) is 3.29. The molecule has 2 aromatic rings. The fourth-order valence-electron chi connectivity index (χ4n) is 1.49. The van der Waals surface area contributed by atoms with Gasteiger partial charge < -0.3 is 9.52 Å². The van der Waals surface area contributed by atoms with Crippen LogP contribution in [0.3, 0.4) is 0 Å². The molecule has 0 fully saturated rings. The first-order valence-electron chi connectivity index (χ1n) is 4.77. The van der Waals surface area contributed by atoms with Gasteiger partial charge in [0.25, 0.3) is 0 Å². The summed E-state index contributed by atoms with van der Waals surface area (Å²) in [7, 11) is 0. The van der Waals surface area contributed by atoms with Crippen molar-refractivity contribution in [3.05, 3.63) is 54.3 Å². The molecule has 3 nitrogen and oxygen atoms in total. The van der Waals surface area contributed by atoms with Gasteiger partial charge in [0, 0.05) is 5.56 Å². The minimum atomic E-state index is -0.966. The van der Waals surface area contributed by atoms with E-state index in [0.29, 0.717) is 17.1 Å². The minimum Gasteiger partial charge on any atom is -0.478 e. The molecule has 0 atom stereocenters. The summed E-state index contributed by atoms with van der Waals surface area (Å²) in [5, 5.41) is 9.03. The predicted molar refractivity (Wildman–Crippen MR) is 61.2 cm³/mol. The van der Waals surface area contributed by atoms with Crippen LogP contribution in [-0.2, 0) is 0 Å². The standard InChI is InChI=1S/C13H10O3/c1-2-9-7-8-12(16-9)10-5-3-4-6-11(10)13(14)15/h2-8H,1H2,(H,14,15). The fourth-order valence-corrected chi connectivity index (χ4v) is 1.49. The summed E-state index contributed by atoms with van der Waals surface area (Å²) in [5.74, 6) is 0.190. The first-order valence-corrected chi connectivity index (χ1v) is 4.77. The van der Waals surface area contributed by atoms with Crippen molar-refractivity contribution in [2.24, 2.45) is 0 Å². The first-order chi connectivity index (χ1) is 7.72. The Kier molecular flexibility index (Phi) is 2.60. The molecule has 1 N–H and O–H groups in total. The number of carboxylic acids is 1. The second kappa shape index (κ2) is 4.06. The van der Waals surface area contributed by atoms with Gasteiger partial charge in [-0.1, -0.05) is 24.8 Å². The van der Waals surface area contributed by atoms with Crippen molar-refractivity contribution >= 4 is 12.0 Å². The van der Waals surface area contributed by atoms with E-state index in [4.69, 9.17) is 9.52 Å². The highest BCUT2D eigenvalue weighted by molar-refractivity contribution is 5.95. The van der Waals surface area contributed by atoms with Crippen molar-refractivity contribution in [1.29, 1.82) is 0 Å². The average Bonchev–Trinajstić information content (AvgIpc) is 2.77. The van der Waals surface area contributed by atoms with Crippen LogP contribution in [0.1, 0.15) is 16.1 Å². The largest absolute Gasteiger partial charge is 0.478 e. The van der Waals surface area contributed by atoms with Crippen molar-refractivity contribution in [2.45, 2.75) is 0 Å². The maximum absolute atomic E-state index is 11.0. The van der Waals surface area contributed by atoms with E-state index in [1.807, 2.05) is 0 Å². The summed E-state index contributed by atoms with van der Waals surface area (Å²) in [6.45, 7) is 3.59. The highest BCUT2D eigenvalue weighted by Crippen LogP contribution is 2.26. The molecule has 0 unspecified atom stereocenters. The number of hydrogen-bond donors (Lipinski definition) is 1. The summed E-state index contributed by atoms with van der Waals surface area (Å²) in [6.07, 6.45) is 1.58. The van der Waals surface area contributed by atoms with Crippen LogP contribution in [0.4, 0.5) is 0 Å². The number of rotatable bonds is 3. The molecule has 0 amide bonds. The molecular weight excluding hydrogens is 204 g/mol. The molecule has 0 aliphatic rings. The molecule has 1 aromatic carbocycles. The van der Waals surface area contributed by atoms with Gasteiger partial charge in [-0.2, -0.15) is 0 Å². The van der Waals surface area contributed by atoms with Gasteiger partial charge in [0.05, 0.1) is 5.56 Å². The van der Waals surface area contributed by atoms with Gasteiger partial charge in [-0.3, -0.25) is 0 Å². The quantitative estimate of drug-likeness (QED) is 0.852. The molecule has 16 heavy (non-hydrogen) atoms. The number of carbonyl (C=O) groups is 1. The summed E-state index contributed by atoms with van der Waals surface area (Å²) in [4.78, 5) is 11.0. The Bertz CT molecular complexity index is 538. The average molecular weight is 214 g/mol. The Balaban J connectivity index is 2.54. The summed E-state index contributed by atoms with van der Waals surface area (Å²) in [6, 6.07) is 10.2. The van der Waals surface area contributed by atoms with Crippen LogP contribution in [-0.4, -0.2) is 11.1 Å². The van der Waals surface area contributed by atoms with Crippen LogP contribution in [0.25, 0.3) is 17.4 Å². The lowest BCUT2D eigenvalue weighted by molar-refractivity contribution is 0.0697. The summed E-state index contributed by atoms with van der Waals surface area (Å²) < 4.78 is 5.43. The lowest BCUT2D eigenvalue weighted by Crippen LogP contribution is -1.98. The van der Waals surface area contributed by atoms with E-state index in [0.717, 1.165) is 0 Å². The van der Waals surface area contributed by atoms with Gasteiger partial charge in [-0.05, 0) is 24.3 Å². The number of benzene rings is 1. The van der Waals surface area contributed by atoms with E-state index in [1.54, 1.807) is 42.5 Å². The molecule has 0 saturated carbocycles. The van der Waals surface area contributed by atoms with Crippen LogP contribution in [0.5, 0.6) is 0 Å². The fraction of sp³-hybridized carbons (Fsp3) is 0. The van der Waals surface area contributed by atoms with Gasteiger partial charge in [-0.25, -0.2) is 4.79 Å². The SMILES string of the molecule is C=Cc1ccc(-c2ccccc2C(=O)O)o1. The molecule has 0 radical (unpaired) electrons. The number of hydrogen-bond acceptors (Lipinski definition) is 2. The van der Waals surface area contributed by atoms with Crippen molar-refractivity contribution in [3.63, 3.8) is 0 Å². The third-order valence-electron chi connectivity index (χ3n) is 2.25. The highest BCUT2D eigenvalue weighted by Gasteiger charge is 2.13. The molecule has 3 heteroatoms. The molecular formula is C13H10O3. The normalized spacial score (nSPS) is 10.0. The topological polar surface area (TPSA) is 50.4 Å². The zero-order chi connectivity index (χ0) is 11.5. The van der Waals surface area contributed by atoms with E-state index < -0.39 is 5.97 Å². The van der Waals surface area contributed by atoms with Crippen LogP contribution >= 0.6 is 0 Å². The molecule has 0 bridgehead atoms. The Morgan fingerprint density at radius 1 is 1.25 bits per heavy atom. The van der Waals surface area contributed by atoms with Crippen molar-refractivity contribution in [3.8, 4) is 11.3 Å². The molecule has 0 aliphatic carbocycles. The van der Waals surface area contributed by atoms with Crippen LogP contribution in [0.2, 0.25) is 0 Å². The maximum Gasteiger partial charge on any atom is 0.336 e. The third kappa shape index (κ3) is 1.75. The number of aromatic carboxylic acids is 1. The van der Waals surface area contributed by atoms with Crippen LogP contribution in [0.15, 0.2) is 47.4 Å². The molecule has 0 saturated heterocycles. The summed E-state index contributed by atoms with van der Waals surface area (Å²) in [5.41, 5.74) is 0.801. The third-order valence-corrected chi connectivity index (χ3v) is 2.25. The number of furan rings is 1. The Morgan fingerprint density at radius 2 is 2.00 bits per heavy atom. The zero-order valence-corrected chi connectivity index (χ0v) is 8.51. The molecule has 0 aliphatic heterocycles. The monoisotopic (exact) mass is 214 g/mol. The Labute approximate surface area is 92.6 Å². The molecule has 0 spiro atoms. The van der Waals surface area contributed by atoms with Crippen LogP contribution in [0, 0.1) is 0 Å². The molecule has 80 valence electrons. The lowest BCUT2D eigenvalue weighted by atomic mass is 10.1. The van der Waals surface area contributed by atoms with Crippen molar-refractivity contribution in [1.82, 2.24) is 0 Å². The van der Waals surface area contributed by atoms with Crippen molar-refractivity contribution in [2.75, 3.05) is 0 Å². The van der Waals surface area contributed by atoms with E-state index in [-0.39, 0.29) is 5.56 Å². The maximum atomic E-state index is 11.0. The van der Waals surface area contributed by atoms with Gasteiger partial charge >= 0.3 is 5.97 Å². The van der Waals surface area contributed by atoms with Gasteiger partial charge in [-0.15, -0.1) is 0 Å². The lowest BCUT2D eigenvalue weighted by Gasteiger charge is -2.01. The van der Waals surface area contributed by atoms with E-state index in [2.05, 4.69) is 6.58 Å². The summed E-state index contributed by atoms with van der Waals surface area (Å²) >= 11 is 0. The van der Waals surface area contributed by atoms with Gasteiger partial charge in [0.15, 0.2) is 0 Å². The van der Waals surface area contributed by atoms with Crippen LogP contribution < -0.4 is 0 Å². The van der Waals surface area contributed by atoms with Gasteiger partial charge in [0.2, 0.25) is 0 Å². The zero-order valence-electron chi connectivity index (χ0n) is 8.51. The van der Waals surface area contributed by atoms with E-state index >= 15 is 0 Å². The van der Waals surface area contributed by atoms with Crippen molar-refractivity contribution < 1.29 is 14.3 Å². The Morgan fingerprint density at radius 3 is 2.62 bits per heavy atom. The van der Waals surface area contributed by atoms with E-state index in [9.17, 15) is 4.79 Å². The van der Waals surface area contributed by atoms with E-state index in [1.165, 1.54) is 0 Å². The van der Waals surface area contributed by atoms with Gasteiger partial charge in [0.1, 0.15) is 11.5 Å². The molecule has 2 rings (SSSR count). The smallest absolute Gasteiger partial charge is 0.336 e. The number of carboxylic acid groups (broad SMARTS) is 1. The Hall–Kier alpha value is -2.29. The minimum absolute atomic E-state index is 0.229. The molecule has 1 aromatic heterocycles. The second-order valence-corrected chi connectivity index (χ2v) is 3.26. The highest BCUT2D eigenvalue weighted by atomic mass is 16.4. The molecule has 1 heterocycles. The first kappa shape index (κ1) is 10.2.